The molecule has 1 aromatic heterocycles. The lowest BCUT2D eigenvalue weighted by molar-refractivity contribution is 0.136. The molecule has 0 aliphatic rings. The predicted molar refractivity (Wildman–Crippen MR) is 74.6 cm³/mol. The van der Waals surface area contributed by atoms with Gasteiger partial charge in [-0.1, -0.05) is 19.9 Å². The summed E-state index contributed by atoms with van der Waals surface area (Å²) >= 11 is 0. The second kappa shape index (κ2) is 4.98. The molecule has 18 heavy (non-hydrogen) atoms. The average molecular weight is 247 g/mol. The first kappa shape index (κ1) is 12.9. The van der Waals surface area contributed by atoms with Gasteiger partial charge >= 0.3 is 0 Å². The summed E-state index contributed by atoms with van der Waals surface area (Å²) in [5.74, 6) is 0.998. The third kappa shape index (κ3) is 2.20. The van der Waals surface area contributed by atoms with Crippen LogP contribution in [0.1, 0.15) is 25.5 Å². The maximum atomic E-state index is 6.07. The fourth-order valence-electron chi connectivity index (χ4n) is 2.31. The van der Waals surface area contributed by atoms with E-state index in [4.69, 9.17) is 10.5 Å². The first-order valence-electron chi connectivity index (χ1n) is 6.27. The van der Waals surface area contributed by atoms with Crippen LogP contribution < -0.4 is 5.73 Å². The molecule has 1 unspecified atom stereocenters. The summed E-state index contributed by atoms with van der Waals surface area (Å²) < 4.78 is 7.40. The van der Waals surface area contributed by atoms with Crippen LogP contribution in [0.2, 0.25) is 0 Å². The summed E-state index contributed by atoms with van der Waals surface area (Å²) in [4.78, 5) is 4.44. The molecule has 0 saturated heterocycles. The van der Waals surface area contributed by atoms with Gasteiger partial charge in [0, 0.05) is 7.11 Å². The van der Waals surface area contributed by atoms with Gasteiger partial charge in [0.25, 0.3) is 0 Å². The lowest BCUT2D eigenvalue weighted by Gasteiger charge is -2.23. The van der Waals surface area contributed by atoms with Gasteiger partial charge in [0.15, 0.2) is 0 Å². The maximum Gasteiger partial charge on any atom is 0.201 e. The molecule has 98 valence electrons. The molecule has 0 aliphatic heterocycles. The van der Waals surface area contributed by atoms with Crippen LogP contribution in [0.4, 0.5) is 5.95 Å². The second-order valence-electron chi connectivity index (χ2n) is 5.10. The van der Waals surface area contributed by atoms with E-state index >= 15 is 0 Å². The van der Waals surface area contributed by atoms with E-state index in [9.17, 15) is 0 Å². The zero-order chi connectivity index (χ0) is 13.3. The summed E-state index contributed by atoms with van der Waals surface area (Å²) in [5, 5.41) is 0. The average Bonchev–Trinajstić information content (AvgIpc) is 2.61. The molecule has 0 saturated carbocycles. The Morgan fingerprint density at radius 2 is 2.11 bits per heavy atom. The van der Waals surface area contributed by atoms with Crippen molar-refractivity contribution < 1.29 is 4.74 Å². The number of nitrogen functional groups attached to an aromatic ring is 1. The number of aryl methyl sites for hydroxylation is 1. The molecular formula is C14H21N3O. The van der Waals surface area contributed by atoms with Crippen LogP contribution >= 0.6 is 0 Å². The molecule has 0 radical (unpaired) electrons. The van der Waals surface area contributed by atoms with Gasteiger partial charge in [-0.05, 0) is 30.5 Å². The summed E-state index contributed by atoms with van der Waals surface area (Å²) in [5.41, 5.74) is 9.29. The van der Waals surface area contributed by atoms with Crippen LogP contribution in [-0.2, 0) is 4.74 Å². The van der Waals surface area contributed by atoms with Gasteiger partial charge in [-0.2, -0.15) is 0 Å². The number of imidazole rings is 1. The molecular weight excluding hydrogens is 226 g/mol. The highest BCUT2D eigenvalue weighted by molar-refractivity contribution is 5.79. The van der Waals surface area contributed by atoms with E-state index in [1.54, 1.807) is 7.11 Å². The zero-order valence-electron chi connectivity index (χ0n) is 11.5. The standard InChI is InChI=1S/C14H21N3O/c1-9(2)13(8-18-4)17-12-6-5-10(3)7-11(12)16-14(17)15/h5-7,9,13H,8H2,1-4H3,(H2,15,16). The Labute approximate surface area is 108 Å². The van der Waals surface area contributed by atoms with Gasteiger partial charge < -0.3 is 15.0 Å². The number of hydrogen-bond acceptors (Lipinski definition) is 3. The summed E-state index contributed by atoms with van der Waals surface area (Å²) in [6.07, 6.45) is 0. The van der Waals surface area contributed by atoms with Crippen LogP contribution in [-0.4, -0.2) is 23.3 Å². The molecule has 1 atom stereocenters. The molecule has 4 heteroatoms. The lowest BCUT2D eigenvalue weighted by atomic mass is 10.0. The van der Waals surface area contributed by atoms with Crippen molar-refractivity contribution in [2.45, 2.75) is 26.8 Å². The monoisotopic (exact) mass is 247 g/mol. The maximum absolute atomic E-state index is 6.07. The lowest BCUT2D eigenvalue weighted by Crippen LogP contribution is -2.21. The molecule has 0 bridgehead atoms. The molecule has 2 aromatic rings. The van der Waals surface area contributed by atoms with Crippen molar-refractivity contribution in [3.63, 3.8) is 0 Å². The molecule has 4 nitrogen and oxygen atoms in total. The van der Waals surface area contributed by atoms with Gasteiger partial charge in [-0.3, -0.25) is 0 Å². The van der Waals surface area contributed by atoms with Gasteiger partial charge in [0.05, 0.1) is 23.7 Å². The third-order valence-corrected chi connectivity index (χ3v) is 3.31. The van der Waals surface area contributed by atoms with Crippen LogP contribution in [0.5, 0.6) is 0 Å². The van der Waals surface area contributed by atoms with Crippen molar-refractivity contribution in [1.29, 1.82) is 0 Å². The molecule has 1 aromatic carbocycles. The Balaban J connectivity index is 2.57. The zero-order valence-corrected chi connectivity index (χ0v) is 11.5. The Kier molecular flexibility index (Phi) is 3.57. The molecule has 0 amide bonds. The Morgan fingerprint density at radius 1 is 1.39 bits per heavy atom. The fourth-order valence-corrected chi connectivity index (χ4v) is 2.31. The van der Waals surface area contributed by atoms with E-state index in [-0.39, 0.29) is 6.04 Å². The van der Waals surface area contributed by atoms with E-state index in [1.165, 1.54) is 5.56 Å². The number of ether oxygens (including phenoxy) is 1. The number of nitrogens with zero attached hydrogens (tertiary/aromatic N) is 2. The smallest absolute Gasteiger partial charge is 0.201 e. The number of nitrogens with two attached hydrogens (primary N) is 1. The molecule has 2 rings (SSSR count). The topological polar surface area (TPSA) is 53.1 Å². The van der Waals surface area contributed by atoms with Crippen molar-refractivity contribution in [2.24, 2.45) is 5.92 Å². The number of benzene rings is 1. The van der Waals surface area contributed by atoms with Gasteiger partial charge in [0.2, 0.25) is 5.95 Å². The van der Waals surface area contributed by atoms with Gasteiger partial charge in [-0.25, -0.2) is 4.98 Å². The molecule has 0 spiro atoms. The largest absolute Gasteiger partial charge is 0.383 e. The third-order valence-electron chi connectivity index (χ3n) is 3.31. The van der Waals surface area contributed by atoms with Crippen molar-refractivity contribution >= 4 is 17.0 Å². The minimum absolute atomic E-state index is 0.211. The number of methoxy groups -OCH3 is 1. The van der Waals surface area contributed by atoms with Crippen LogP contribution in [0, 0.1) is 12.8 Å². The fraction of sp³-hybridized carbons (Fsp3) is 0.500. The molecule has 2 N–H and O–H groups in total. The van der Waals surface area contributed by atoms with Crippen LogP contribution in [0.15, 0.2) is 18.2 Å². The highest BCUT2D eigenvalue weighted by atomic mass is 16.5. The highest BCUT2D eigenvalue weighted by Crippen LogP contribution is 2.28. The van der Waals surface area contributed by atoms with E-state index in [2.05, 4.69) is 48.5 Å². The van der Waals surface area contributed by atoms with Crippen molar-refractivity contribution in [3.05, 3.63) is 23.8 Å². The minimum Gasteiger partial charge on any atom is -0.383 e. The first-order chi connectivity index (χ1) is 8.54. The second-order valence-corrected chi connectivity index (χ2v) is 5.10. The first-order valence-corrected chi connectivity index (χ1v) is 6.27. The Hall–Kier alpha value is -1.55. The SMILES string of the molecule is COCC(C(C)C)n1c(N)nc2cc(C)ccc21. The van der Waals surface area contributed by atoms with Gasteiger partial charge in [-0.15, -0.1) is 0 Å². The summed E-state index contributed by atoms with van der Waals surface area (Å²) in [6.45, 7) is 7.04. The highest BCUT2D eigenvalue weighted by Gasteiger charge is 2.20. The number of hydrogen-bond donors (Lipinski definition) is 1. The number of aromatic nitrogens is 2. The van der Waals surface area contributed by atoms with Crippen molar-refractivity contribution in [1.82, 2.24) is 9.55 Å². The van der Waals surface area contributed by atoms with Crippen LogP contribution in [0.3, 0.4) is 0 Å². The normalized spacial score (nSPS) is 13.4. The predicted octanol–water partition coefficient (Wildman–Crippen LogP) is 2.77. The summed E-state index contributed by atoms with van der Waals surface area (Å²) in [6, 6.07) is 6.44. The van der Waals surface area contributed by atoms with Crippen molar-refractivity contribution in [2.75, 3.05) is 19.5 Å². The van der Waals surface area contributed by atoms with E-state index in [0.717, 1.165) is 11.0 Å². The summed E-state index contributed by atoms with van der Waals surface area (Å²) in [7, 11) is 1.72. The van der Waals surface area contributed by atoms with Crippen LogP contribution in [0.25, 0.3) is 11.0 Å². The molecule has 0 aliphatic carbocycles. The van der Waals surface area contributed by atoms with E-state index in [0.29, 0.717) is 18.5 Å². The number of anilines is 1. The quantitative estimate of drug-likeness (QED) is 0.903. The molecule has 0 fully saturated rings. The van der Waals surface area contributed by atoms with E-state index < -0.39 is 0 Å². The van der Waals surface area contributed by atoms with Crippen molar-refractivity contribution in [3.8, 4) is 0 Å². The Bertz CT molecular complexity index is 545. The minimum atomic E-state index is 0.211. The number of fused-ring (bicyclic) bond motifs is 1. The number of rotatable bonds is 4. The molecule has 1 heterocycles. The van der Waals surface area contributed by atoms with Gasteiger partial charge in [0.1, 0.15) is 0 Å². The Morgan fingerprint density at radius 3 is 2.72 bits per heavy atom. The van der Waals surface area contributed by atoms with E-state index in [1.807, 2.05) is 0 Å².